The number of amides is 2. The summed E-state index contributed by atoms with van der Waals surface area (Å²) in [5, 5.41) is 5.49. The highest BCUT2D eigenvalue weighted by Crippen LogP contribution is 2.31. The monoisotopic (exact) mass is 291 g/mol. The normalized spacial score (nSPS) is 16.3. The topological polar surface area (TPSA) is 93.4 Å². The summed E-state index contributed by atoms with van der Waals surface area (Å²) < 4.78 is 5.17. The highest BCUT2D eigenvalue weighted by molar-refractivity contribution is 5.99. The Morgan fingerprint density at radius 2 is 1.90 bits per heavy atom. The molecular weight excluding hydrogens is 270 g/mol. The molecule has 2 amide bonds. The van der Waals surface area contributed by atoms with Crippen LogP contribution in [0.5, 0.6) is 5.75 Å². The van der Waals surface area contributed by atoms with E-state index in [0.717, 1.165) is 12.8 Å². The van der Waals surface area contributed by atoms with Crippen LogP contribution in [0.3, 0.4) is 0 Å². The van der Waals surface area contributed by atoms with Gasteiger partial charge in [-0.15, -0.1) is 0 Å². The van der Waals surface area contributed by atoms with Gasteiger partial charge in [-0.2, -0.15) is 0 Å². The molecular formula is C15H21N3O3. The molecule has 0 heterocycles. The molecule has 21 heavy (non-hydrogen) atoms. The Morgan fingerprint density at radius 3 is 2.48 bits per heavy atom. The van der Waals surface area contributed by atoms with Crippen LogP contribution in [0.1, 0.15) is 32.6 Å². The maximum Gasteiger partial charge on any atom is 0.244 e. The minimum absolute atomic E-state index is 0.182. The smallest absolute Gasteiger partial charge is 0.244 e. The van der Waals surface area contributed by atoms with Crippen LogP contribution in [0.2, 0.25) is 0 Å². The Balaban J connectivity index is 2.16. The number of hydrogen-bond donors (Lipinski definition) is 3. The van der Waals surface area contributed by atoms with E-state index < -0.39 is 5.54 Å². The molecule has 6 nitrogen and oxygen atoms in total. The molecule has 6 heteroatoms. The predicted molar refractivity (Wildman–Crippen MR) is 81.3 cm³/mol. The number of hydrogen-bond acceptors (Lipinski definition) is 4. The number of anilines is 2. The lowest BCUT2D eigenvalue weighted by Crippen LogP contribution is -2.48. The van der Waals surface area contributed by atoms with Crippen molar-refractivity contribution < 1.29 is 14.3 Å². The fourth-order valence-electron chi connectivity index (χ4n) is 2.56. The van der Waals surface area contributed by atoms with Gasteiger partial charge in [-0.1, -0.05) is 12.8 Å². The lowest BCUT2D eigenvalue weighted by molar-refractivity contribution is -0.121. The van der Waals surface area contributed by atoms with E-state index in [2.05, 4.69) is 10.6 Å². The first-order valence-electron chi connectivity index (χ1n) is 7.00. The van der Waals surface area contributed by atoms with E-state index in [1.165, 1.54) is 14.0 Å². The first-order valence-corrected chi connectivity index (χ1v) is 7.00. The van der Waals surface area contributed by atoms with Crippen molar-refractivity contribution in [2.45, 2.75) is 38.1 Å². The predicted octanol–water partition coefficient (Wildman–Crippen LogP) is 1.86. The molecule has 0 saturated heterocycles. The molecule has 0 spiro atoms. The zero-order valence-electron chi connectivity index (χ0n) is 12.4. The maximum atomic E-state index is 12.3. The van der Waals surface area contributed by atoms with Gasteiger partial charge in [0.05, 0.1) is 18.3 Å². The number of carbonyl (C=O) groups is 2. The van der Waals surface area contributed by atoms with Crippen molar-refractivity contribution in [1.82, 2.24) is 0 Å². The number of rotatable bonds is 4. The third-order valence-corrected chi connectivity index (χ3v) is 3.72. The fourth-order valence-corrected chi connectivity index (χ4v) is 2.56. The molecule has 1 aromatic carbocycles. The summed E-state index contributed by atoms with van der Waals surface area (Å²) in [5.41, 5.74) is 6.43. The molecule has 1 aromatic rings. The first-order chi connectivity index (χ1) is 9.94. The van der Waals surface area contributed by atoms with Gasteiger partial charge in [0.2, 0.25) is 11.8 Å². The summed E-state index contributed by atoms with van der Waals surface area (Å²) >= 11 is 0. The minimum atomic E-state index is -0.784. The Kier molecular flexibility index (Phi) is 4.47. The van der Waals surface area contributed by atoms with Crippen LogP contribution in [-0.2, 0) is 9.59 Å². The summed E-state index contributed by atoms with van der Waals surface area (Å²) in [7, 11) is 1.52. The second kappa shape index (κ2) is 6.13. The number of nitrogens with two attached hydrogens (primary N) is 1. The number of carbonyl (C=O) groups excluding carboxylic acids is 2. The SMILES string of the molecule is COc1ccc(NC(=O)C2(N)CCCC2)cc1NC(C)=O. The molecule has 0 unspecified atom stereocenters. The number of nitrogens with one attached hydrogen (secondary N) is 2. The number of methoxy groups -OCH3 is 1. The molecule has 1 aliphatic rings. The standard InChI is InChI=1S/C15H21N3O3/c1-10(19)17-12-9-11(5-6-13(12)21-2)18-14(20)15(16)7-3-4-8-15/h5-6,9H,3-4,7-8,16H2,1-2H3,(H,17,19)(H,18,20). The molecule has 4 N–H and O–H groups in total. The largest absolute Gasteiger partial charge is 0.495 e. The van der Waals surface area contributed by atoms with Crippen molar-refractivity contribution in [1.29, 1.82) is 0 Å². The zero-order valence-corrected chi connectivity index (χ0v) is 12.4. The molecule has 1 saturated carbocycles. The summed E-state index contributed by atoms with van der Waals surface area (Å²) in [4.78, 5) is 23.5. The Labute approximate surface area is 124 Å². The Morgan fingerprint density at radius 1 is 1.24 bits per heavy atom. The average molecular weight is 291 g/mol. The van der Waals surface area contributed by atoms with Gasteiger partial charge in [0.1, 0.15) is 5.75 Å². The van der Waals surface area contributed by atoms with Crippen LogP contribution >= 0.6 is 0 Å². The van der Waals surface area contributed by atoms with Crippen LogP contribution in [0.15, 0.2) is 18.2 Å². The lowest BCUT2D eigenvalue weighted by atomic mass is 9.98. The van der Waals surface area contributed by atoms with E-state index in [1.807, 2.05) is 0 Å². The van der Waals surface area contributed by atoms with E-state index in [1.54, 1.807) is 18.2 Å². The quantitative estimate of drug-likeness (QED) is 0.789. The van der Waals surface area contributed by atoms with Gasteiger partial charge in [-0.25, -0.2) is 0 Å². The third-order valence-electron chi connectivity index (χ3n) is 3.72. The van der Waals surface area contributed by atoms with Gasteiger partial charge in [0.25, 0.3) is 0 Å². The molecule has 2 rings (SSSR count). The molecule has 114 valence electrons. The number of ether oxygens (including phenoxy) is 1. The van der Waals surface area contributed by atoms with Crippen molar-refractivity contribution in [2.75, 3.05) is 17.7 Å². The molecule has 0 aliphatic heterocycles. The molecule has 0 radical (unpaired) electrons. The second-order valence-corrected chi connectivity index (χ2v) is 5.41. The highest BCUT2D eigenvalue weighted by atomic mass is 16.5. The van der Waals surface area contributed by atoms with Crippen LogP contribution in [0.4, 0.5) is 11.4 Å². The molecule has 1 aliphatic carbocycles. The van der Waals surface area contributed by atoms with E-state index in [0.29, 0.717) is 30.0 Å². The van der Waals surface area contributed by atoms with Crippen molar-refractivity contribution in [3.05, 3.63) is 18.2 Å². The van der Waals surface area contributed by atoms with E-state index >= 15 is 0 Å². The van der Waals surface area contributed by atoms with Gasteiger partial charge in [-0.3, -0.25) is 9.59 Å². The van der Waals surface area contributed by atoms with Gasteiger partial charge >= 0.3 is 0 Å². The van der Waals surface area contributed by atoms with Crippen LogP contribution in [0.25, 0.3) is 0 Å². The van der Waals surface area contributed by atoms with E-state index in [4.69, 9.17) is 10.5 Å². The second-order valence-electron chi connectivity index (χ2n) is 5.41. The molecule has 0 aromatic heterocycles. The van der Waals surface area contributed by atoms with Crippen molar-refractivity contribution in [3.63, 3.8) is 0 Å². The summed E-state index contributed by atoms with van der Waals surface area (Å²) in [5.74, 6) is 0.147. The fraction of sp³-hybridized carbons (Fsp3) is 0.467. The van der Waals surface area contributed by atoms with Gasteiger partial charge < -0.3 is 21.1 Å². The highest BCUT2D eigenvalue weighted by Gasteiger charge is 2.37. The van der Waals surface area contributed by atoms with Gasteiger partial charge in [-0.05, 0) is 31.0 Å². The van der Waals surface area contributed by atoms with Crippen molar-refractivity contribution in [2.24, 2.45) is 5.73 Å². The molecule has 0 bridgehead atoms. The summed E-state index contributed by atoms with van der Waals surface area (Å²) in [6.07, 6.45) is 3.36. The third kappa shape index (κ3) is 3.52. The zero-order chi connectivity index (χ0) is 15.5. The Bertz CT molecular complexity index is 551. The molecule has 1 fully saturated rings. The van der Waals surface area contributed by atoms with Crippen molar-refractivity contribution >= 4 is 23.2 Å². The van der Waals surface area contributed by atoms with Crippen LogP contribution < -0.4 is 21.1 Å². The van der Waals surface area contributed by atoms with Gasteiger partial charge in [0.15, 0.2) is 0 Å². The lowest BCUT2D eigenvalue weighted by Gasteiger charge is -2.22. The van der Waals surface area contributed by atoms with Crippen molar-refractivity contribution in [3.8, 4) is 5.75 Å². The van der Waals surface area contributed by atoms with E-state index in [-0.39, 0.29) is 11.8 Å². The number of benzene rings is 1. The van der Waals surface area contributed by atoms with Gasteiger partial charge in [0, 0.05) is 12.6 Å². The summed E-state index contributed by atoms with van der Waals surface area (Å²) in [6, 6.07) is 5.08. The van der Waals surface area contributed by atoms with Crippen LogP contribution in [0, 0.1) is 0 Å². The molecule has 0 atom stereocenters. The maximum absolute atomic E-state index is 12.3. The Hall–Kier alpha value is -2.08. The average Bonchev–Trinajstić information content (AvgIpc) is 2.87. The minimum Gasteiger partial charge on any atom is -0.495 e. The van der Waals surface area contributed by atoms with Crippen LogP contribution in [-0.4, -0.2) is 24.5 Å². The summed E-state index contributed by atoms with van der Waals surface area (Å²) in [6.45, 7) is 1.41. The first kappa shape index (κ1) is 15.3. The van der Waals surface area contributed by atoms with E-state index in [9.17, 15) is 9.59 Å².